The predicted molar refractivity (Wildman–Crippen MR) is 134 cm³/mol. The van der Waals surface area contributed by atoms with Crippen LogP contribution in [0.2, 0.25) is 0 Å². The molecule has 0 spiro atoms. The molecule has 0 saturated carbocycles. The van der Waals surface area contributed by atoms with E-state index in [2.05, 4.69) is 31.9 Å². The zero-order valence-electron chi connectivity index (χ0n) is 18.5. The number of ether oxygens (including phenoxy) is 6. The van der Waals surface area contributed by atoms with Crippen LogP contribution in [0.1, 0.15) is 0 Å². The summed E-state index contributed by atoms with van der Waals surface area (Å²) in [6.07, 6.45) is 2.00. The highest BCUT2D eigenvalue weighted by Gasteiger charge is 2.07. The molecule has 0 fully saturated rings. The van der Waals surface area contributed by atoms with Crippen molar-refractivity contribution in [3.63, 3.8) is 0 Å². The third-order valence-electron chi connectivity index (χ3n) is 3.89. The van der Waals surface area contributed by atoms with E-state index in [0.717, 1.165) is 12.2 Å². The molecule has 0 unspecified atom stereocenters. The number of esters is 2. The first-order chi connectivity index (χ1) is 16.6. The third kappa shape index (κ3) is 10.9. The summed E-state index contributed by atoms with van der Waals surface area (Å²) in [7, 11) is 0. The average Bonchev–Trinajstić information content (AvgIpc) is 2.86. The van der Waals surface area contributed by atoms with Gasteiger partial charge in [0.15, 0.2) is 23.0 Å². The maximum Gasteiger partial charge on any atom is 0.331 e. The van der Waals surface area contributed by atoms with Crippen molar-refractivity contribution >= 4 is 43.8 Å². The monoisotopic (exact) mass is 600 g/mol. The van der Waals surface area contributed by atoms with Gasteiger partial charge >= 0.3 is 11.9 Å². The maximum absolute atomic E-state index is 11.8. The first-order valence-corrected chi connectivity index (χ1v) is 12.7. The SMILES string of the molecule is O=C(C=CC(=O)OCCOc1ccccc1OCCBr)OCCOc1ccccc1OCCBr. The molecular weight excluding hydrogens is 576 g/mol. The lowest BCUT2D eigenvalue weighted by molar-refractivity contribution is -0.141. The van der Waals surface area contributed by atoms with Crippen molar-refractivity contribution in [1.29, 1.82) is 0 Å². The number of hydrogen-bond acceptors (Lipinski definition) is 8. The lowest BCUT2D eigenvalue weighted by Gasteiger charge is -2.12. The van der Waals surface area contributed by atoms with Crippen molar-refractivity contribution in [3.8, 4) is 23.0 Å². The van der Waals surface area contributed by atoms with E-state index < -0.39 is 11.9 Å². The van der Waals surface area contributed by atoms with Crippen molar-refractivity contribution in [1.82, 2.24) is 0 Å². The van der Waals surface area contributed by atoms with E-state index in [-0.39, 0.29) is 26.4 Å². The molecule has 10 heteroatoms. The molecule has 184 valence electrons. The second-order valence-corrected chi connectivity index (χ2v) is 7.92. The molecule has 0 saturated heterocycles. The number of carbonyl (C=O) groups excluding carboxylic acids is 2. The van der Waals surface area contributed by atoms with Crippen LogP contribution >= 0.6 is 31.9 Å². The number of alkyl halides is 2. The number of benzene rings is 2. The molecule has 0 N–H and O–H groups in total. The van der Waals surface area contributed by atoms with Gasteiger partial charge in [-0.25, -0.2) is 9.59 Å². The van der Waals surface area contributed by atoms with Crippen LogP contribution in [-0.2, 0) is 19.1 Å². The Morgan fingerprint density at radius 2 is 0.882 bits per heavy atom. The summed E-state index contributed by atoms with van der Waals surface area (Å²) in [5, 5.41) is 1.39. The summed E-state index contributed by atoms with van der Waals surface area (Å²) in [6.45, 7) is 1.29. The van der Waals surface area contributed by atoms with E-state index >= 15 is 0 Å². The van der Waals surface area contributed by atoms with Crippen molar-refractivity contribution < 1.29 is 38.0 Å². The zero-order chi connectivity index (χ0) is 24.4. The predicted octanol–water partition coefficient (Wildman–Crippen LogP) is 4.33. The molecule has 0 bridgehead atoms. The molecule has 8 nitrogen and oxygen atoms in total. The van der Waals surface area contributed by atoms with Crippen LogP contribution < -0.4 is 18.9 Å². The highest BCUT2D eigenvalue weighted by Crippen LogP contribution is 2.27. The molecule has 2 aromatic rings. The summed E-state index contributed by atoms with van der Waals surface area (Å²) in [4.78, 5) is 23.5. The van der Waals surface area contributed by atoms with Crippen LogP contribution in [0.15, 0.2) is 60.7 Å². The Kier molecular flexibility index (Phi) is 13.6. The second-order valence-electron chi connectivity index (χ2n) is 6.33. The van der Waals surface area contributed by atoms with Gasteiger partial charge in [-0.15, -0.1) is 0 Å². The highest BCUT2D eigenvalue weighted by atomic mass is 79.9. The maximum atomic E-state index is 11.8. The number of halogens is 2. The molecule has 0 aliphatic heterocycles. The molecular formula is C24H26Br2O8. The summed E-state index contributed by atoms with van der Waals surface area (Å²) in [5.41, 5.74) is 0. The van der Waals surface area contributed by atoms with Crippen LogP contribution in [0.5, 0.6) is 23.0 Å². The minimum absolute atomic E-state index is 0.00932. The fourth-order valence-electron chi connectivity index (χ4n) is 2.49. The molecule has 2 aromatic carbocycles. The number of para-hydroxylation sites is 4. The first kappa shape index (κ1) is 27.5. The molecule has 0 amide bonds. The van der Waals surface area contributed by atoms with Crippen LogP contribution in [0.25, 0.3) is 0 Å². The van der Waals surface area contributed by atoms with E-state index in [1.54, 1.807) is 24.3 Å². The molecule has 34 heavy (non-hydrogen) atoms. The van der Waals surface area contributed by atoms with Crippen molar-refractivity contribution in [3.05, 3.63) is 60.7 Å². The Hall–Kier alpha value is -2.72. The van der Waals surface area contributed by atoms with Gasteiger partial charge in [-0.3, -0.25) is 0 Å². The van der Waals surface area contributed by atoms with Crippen molar-refractivity contribution in [2.24, 2.45) is 0 Å². The highest BCUT2D eigenvalue weighted by molar-refractivity contribution is 9.09. The minimum atomic E-state index is -0.682. The molecule has 0 aliphatic rings. The van der Waals surface area contributed by atoms with E-state index in [4.69, 9.17) is 28.4 Å². The van der Waals surface area contributed by atoms with Gasteiger partial charge in [0.25, 0.3) is 0 Å². The smallest absolute Gasteiger partial charge is 0.331 e. The van der Waals surface area contributed by atoms with Crippen molar-refractivity contribution in [2.75, 3.05) is 50.3 Å². The fraction of sp³-hybridized carbons (Fsp3) is 0.333. The Morgan fingerprint density at radius 1 is 0.559 bits per heavy atom. The summed E-state index contributed by atoms with van der Waals surface area (Å²) >= 11 is 6.60. The Balaban J connectivity index is 1.62. The van der Waals surface area contributed by atoms with Gasteiger partial charge < -0.3 is 28.4 Å². The van der Waals surface area contributed by atoms with Gasteiger partial charge in [-0.2, -0.15) is 0 Å². The molecule has 0 aromatic heterocycles. The fourth-order valence-corrected chi connectivity index (χ4v) is 2.82. The van der Waals surface area contributed by atoms with Crippen LogP contribution in [-0.4, -0.2) is 62.2 Å². The van der Waals surface area contributed by atoms with Gasteiger partial charge in [0.2, 0.25) is 0 Å². The molecule has 0 aliphatic carbocycles. The zero-order valence-corrected chi connectivity index (χ0v) is 21.6. The van der Waals surface area contributed by atoms with Gasteiger partial charge in [0, 0.05) is 22.8 Å². The second kappa shape index (κ2) is 16.8. The average molecular weight is 602 g/mol. The Bertz CT molecular complexity index is 846. The van der Waals surface area contributed by atoms with Crippen LogP contribution in [0, 0.1) is 0 Å². The number of carbonyl (C=O) groups is 2. The Labute approximate surface area is 215 Å². The normalized spacial score (nSPS) is 10.5. The third-order valence-corrected chi connectivity index (χ3v) is 4.54. The van der Waals surface area contributed by atoms with Gasteiger partial charge in [0.05, 0.1) is 13.2 Å². The van der Waals surface area contributed by atoms with E-state index in [9.17, 15) is 9.59 Å². The summed E-state index contributed by atoms with van der Waals surface area (Å²) < 4.78 is 32.3. The quantitative estimate of drug-likeness (QED) is 0.122. The van der Waals surface area contributed by atoms with Crippen LogP contribution in [0.4, 0.5) is 0 Å². The molecule has 0 atom stereocenters. The number of rotatable bonds is 16. The lowest BCUT2D eigenvalue weighted by atomic mass is 10.3. The topological polar surface area (TPSA) is 89.5 Å². The minimum Gasteiger partial charge on any atom is -0.489 e. The standard InChI is InChI=1S/C24H26Br2O8/c25-11-13-29-19-5-1-3-7-21(19)31-15-17-33-23(27)9-10-24(28)34-18-16-32-22-8-4-2-6-20(22)30-14-12-26/h1-10H,11-18H2. The van der Waals surface area contributed by atoms with Crippen LogP contribution in [0.3, 0.4) is 0 Å². The van der Waals surface area contributed by atoms with Gasteiger partial charge in [-0.1, -0.05) is 56.1 Å². The summed E-state index contributed by atoms with van der Waals surface area (Å²) in [6, 6.07) is 14.4. The van der Waals surface area contributed by atoms with E-state index in [1.807, 2.05) is 24.3 Å². The molecule has 0 heterocycles. The molecule has 0 radical (unpaired) electrons. The van der Waals surface area contributed by atoms with Gasteiger partial charge in [0.1, 0.15) is 26.4 Å². The Morgan fingerprint density at radius 3 is 1.21 bits per heavy atom. The van der Waals surface area contributed by atoms with E-state index in [1.165, 1.54) is 0 Å². The number of hydrogen-bond donors (Lipinski definition) is 0. The first-order valence-electron chi connectivity index (χ1n) is 10.5. The van der Waals surface area contributed by atoms with Gasteiger partial charge in [-0.05, 0) is 24.3 Å². The molecule has 2 rings (SSSR count). The largest absolute Gasteiger partial charge is 0.489 e. The lowest BCUT2D eigenvalue weighted by Crippen LogP contribution is -2.13. The van der Waals surface area contributed by atoms with Crippen molar-refractivity contribution in [2.45, 2.75) is 0 Å². The summed E-state index contributed by atoms with van der Waals surface area (Å²) in [5.74, 6) is 0.956. The van der Waals surface area contributed by atoms with E-state index in [0.29, 0.717) is 46.9 Å².